The van der Waals surface area contributed by atoms with Gasteiger partial charge in [-0.3, -0.25) is 0 Å². The average molecular weight is 275 g/mol. The second-order valence-electron chi connectivity index (χ2n) is 5.65. The predicted molar refractivity (Wildman–Crippen MR) is 65.5 cm³/mol. The molecule has 5 heteroatoms. The van der Waals surface area contributed by atoms with E-state index in [1.54, 1.807) is 0 Å². The lowest BCUT2D eigenvalue weighted by Gasteiger charge is -2.29. The maximum atomic E-state index is 14.0. The molecule has 2 rings (SSSR count). The average Bonchev–Trinajstić information content (AvgIpc) is 2.65. The first kappa shape index (κ1) is 14.3. The Kier molecular flexibility index (Phi) is 3.37. The molecule has 19 heavy (non-hydrogen) atoms. The molecule has 1 aromatic carbocycles. The van der Waals surface area contributed by atoms with E-state index in [0.717, 1.165) is 12.1 Å². The topological polar surface area (TPSA) is 26.0 Å². The third-order valence-corrected chi connectivity index (χ3v) is 4.05. The van der Waals surface area contributed by atoms with Crippen LogP contribution in [0.25, 0.3) is 0 Å². The zero-order valence-corrected chi connectivity index (χ0v) is 10.7. The van der Waals surface area contributed by atoms with Crippen molar-refractivity contribution >= 4 is 0 Å². The summed E-state index contributed by atoms with van der Waals surface area (Å²) in [4.78, 5) is 0. The van der Waals surface area contributed by atoms with Crippen LogP contribution in [-0.2, 0) is 11.6 Å². The van der Waals surface area contributed by atoms with Crippen molar-refractivity contribution in [3.05, 3.63) is 35.4 Å². The number of nitrogens with two attached hydrogens (primary N) is 1. The monoisotopic (exact) mass is 275 g/mol. The summed E-state index contributed by atoms with van der Waals surface area (Å²) in [6.45, 7) is 1.77. The van der Waals surface area contributed by atoms with E-state index in [4.69, 9.17) is 5.73 Å². The maximum absolute atomic E-state index is 14.0. The highest BCUT2D eigenvalue weighted by Gasteiger charge is 2.46. The molecule has 0 heterocycles. The van der Waals surface area contributed by atoms with Gasteiger partial charge in [0.05, 0.1) is 5.56 Å². The van der Waals surface area contributed by atoms with Gasteiger partial charge in [-0.25, -0.2) is 4.39 Å². The molecule has 2 atom stereocenters. The fourth-order valence-electron chi connectivity index (χ4n) is 2.93. The summed E-state index contributed by atoms with van der Waals surface area (Å²) < 4.78 is 51.5. The van der Waals surface area contributed by atoms with Crippen molar-refractivity contribution in [2.45, 2.75) is 43.4 Å². The molecule has 0 aromatic heterocycles. The molecule has 0 spiro atoms. The summed E-state index contributed by atoms with van der Waals surface area (Å²) >= 11 is 0. The Bertz CT molecular complexity index is 450. The van der Waals surface area contributed by atoms with Gasteiger partial charge in [0.25, 0.3) is 0 Å². The summed E-state index contributed by atoms with van der Waals surface area (Å²) in [6, 6.07) is 4.94. The number of rotatable bonds is 2. The van der Waals surface area contributed by atoms with Gasteiger partial charge in [-0.05, 0) is 43.9 Å². The first-order chi connectivity index (χ1) is 8.69. The Labute approximate surface area is 109 Å². The van der Waals surface area contributed by atoms with Crippen molar-refractivity contribution in [3.8, 4) is 0 Å². The molecule has 2 unspecified atom stereocenters. The lowest BCUT2D eigenvalue weighted by Crippen LogP contribution is -2.34. The number of hydrogen-bond donors (Lipinski definition) is 1. The molecular formula is C14H17F4N. The first-order valence-corrected chi connectivity index (χ1v) is 6.25. The van der Waals surface area contributed by atoms with Crippen LogP contribution < -0.4 is 5.73 Å². The summed E-state index contributed by atoms with van der Waals surface area (Å²) in [5, 5.41) is 0. The zero-order chi connectivity index (χ0) is 14.3. The fraction of sp³-hybridized carbons (Fsp3) is 0.571. The van der Waals surface area contributed by atoms with Gasteiger partial charge < -0.3 is 5.73 Å². The van der Waals surface area contributed by atoms with E-state index in [-0.39, 0.29) is 13.0 Å². The molecule has 1 aliphatic rings. The number of hydrogen-bond acceptors (Lipinski definition) is 1. The normalized spacial score (nSPS) is 31.7. The summed E-state index contributed by atoms with van der Waals surface area (Å²) in [7, 11) is 0. The molecule has 0 radical (unpaired) electrons. The summed E-state index contributed by atoms with van der Waals surface area (Å²) in [5.74, 6) is 0. The Morgan fingerprint density at radius 1 is 1.16 bits per heavy atom. The van der Waals surface area contributed by atoms with E-state index in [1.165, 1.54) is 19.1 Å². The van der Waals surface area contributed by atoms with Crippen molar-refractivity contribution < 1.29 is 17.6 Å². The molecule has 0 saturated heterocycles. The summed E-state index contributed by atoms with van der Waals surface area (Å²) in [5.41, 5.74) is 3.94. The van der Waals surface area contributed by atoms with Gasteiger partial charge in [0.1, 0.15) is 5.67 Å². The van der Waals surface area contributed by atoms with E-state index in [0.29, 0.717) is 18.4 Å². The Morgan fingerprint density at radius 2 is 1.74 bits per heavy atom. The predicted octanol–water partition coefficient (Wildman–Crippen LogP) is 3.81. The minimum atomic E-state index is -4.35. The van der Waals surface area contributed by atoms with Crippen LogP contribution in [0, 0.1) is 0 Å². The molecule has 1 fully saturated rings. The van der Waals surface area contributed by atoms with Gasteiger partial charge >= 0.3 is 6.18 Å². The lowest BCUT2D eigenvalue weighted by molar-refractivity contribution is -0.137. The molecule has 1 aliphatic carbocycles. The Hall–Kier alpha value is -1.10. The van der Waals surface area contributed by atoms with Crippen molar-refractivity contribution in [2.75, 3.05) is 6.54 Å². The number of benzene rings is 1. The number of alkyl halides is 4. The lowest BCUT2D eigenvalue weighted by atomic mass is 9.78. The zero-order valence-electron chi connectivity index (χ0n) is 10.7. The van der Waals surface area contributed by atoms with Crippen LogP contribution in [-0.4, -0.2) is 12.2 Å². The number of halogens is 4. The van der Waals surface area contributed by atoms with Gasteiger partial charge in [0, 0.05) is 12.0 Å². The molecular weight excluding hydrogens is 258 g/mol. The minimum absolute atomic E-state index is 0.248. The van der Waals surface area contributed by atoms with E-state index in [1.807, 2.05) is 0 Å². The van der Waals surface area contributed by atoms with Crippen LogP contribution in [0.15, 0.2) is 24.3 Å². The van der Waals surface area contributed by atoms with Crippen LogP contribution in [0.1, 0.15) is 37.3 Å². The smallest absolute Gasteiger partial charge is 0.330 e. The van der Waals surface area contributed by atoms with E-state index in [9.17, 15) is 17.6 Å². The highest BCUT2D eigenvalue weighted by atomic mass is 19.4. The van der Waals surface area contributed by atoms with Crippen molar-refractivity contribution in [2.24, 2.45) is 5.73 Å². The van der Waals surface area contributed by atoms with Gasteiger partial charge in [0.15, 0.2) is 0 Å². The van der Waals surface area contributed by atoms with Crippen LogP contribution in [0.4, 0.5) is 17.6 Å². The van der Waals surface area contributed by atoms with Crippen molar-refractivity contribution in [1.82, 2.24) is 0 Å². The maximum Gasteiger partial charge on any atom is 0.416 e. The Balaban J connectivity index is 2.31. The molecule has 106 valence electrons. The molecule has 1 saturated carbocycles. The third-order valence-electron chi connectivity index (χ3n) is 4.05. The highest BCUT2D eigenvalue weighted by Crippen LogP contribution is 2.47. The highest BCUT2D eigenvalue weighted by molar-refractivity contribution is 5.33. The van der Waals surface area contributed by atoms with E-state index in [2.05, 4.69) is 0 Å². The SMILES string of the molecule is CC1(F)CCC(CN)(c2ccc(C(F)(F)F)cc2)C1. The molecule has 0 amide bonds. The van der Waals surface area contributed by atoms with Crippen molar-refractivity contribution in [1.29, 1.82) is 0 Å². The molecule has 1 nitrogen and oxygen atoms in total. The van der Waals surface area contributed by atoms with Gasteiger partial charge in [0.2, 0.25) is 0 Å². The van der Waals surface area contributed by atoms with E-state index >= 15 is 0 Å². The van der Waals surface area contributed by atoms with Gasteiger partial charge in [-0.15, -0.1) is 0 Å². The first-order valence-electron chi connectivity index (χ1n) is 6.25. The van der Waals surface area contributed by atoms with Crippen LogP contribution >= 0.6 is 0 Å². The summed E-state index contributed by atoms with van der Waals surface area (Å²) in [6.07, 6.45) is -3.12. The minimum Gasteiger partial charge on any atom is -0.330 e. The Morgan fingerprint density at radius 3 is 2.11 bits per heavy atom. The molecule has 0 aliphatic heterocycles. The largest absolute Gasteiger partial charge is 0.416 e. The van der Waals surface area contributed by atoms with Crippen LogP contribution in [0.3, 0.4) is 0 Å². The molecule has 1 aromatic rings. The molecule has 0 bridgehead atoms. The second-order valence-corrected chi connectivity index (χ2v) is 5.65. The van der Waals surface area contributed by atoms with Gasteiger partial charge in [-0.1, -0.05) is 12.1 Å². The fourth-order valence-corrected chi connectivity index (χ4v) is 2.93. The molecule has 2 N–H and O–H groups in total. The van der Waals surface area contributed by atoms with Gasteiger partial charge in [-0.2, -0.15) is 13.2 Å². The third kappa shape index (κ3) is 2.76. The standard InChI is InChI=1S/C14H17F4N/c1-12(15)6-7-13(8-12,9-19)10-2-4-11(5-3-10)14(16,17)18/h2-5H,6-9,19H2,1H3. The quantitative estimate of drug-likeness (QED) is 0.816. The van der Waals surface area contributed by atoms with Crippen LogP contribution in [0.5, 0.6) is 0 Å². The van der Waals surface area contributed by atoms with E-state index < -0.39 is 22.8 Å². The van der Waals surface area contributed by atoms with Crippen molar-refractivity contribution in [3.63, 3.8) is 0 Å². The second kappa shape index (κ2) is 4.47. The van der Waals surface area contributed by atoms with Crippen LogP contribution in [0.2, 0.25) is 0 Å².